The molecule has 0 N–H and O–H groups in total. The van der Waals surface area contributed by atoms with E-state index in [4.69, 9.17) is 9.47 Å². The number of rotatable bonds is 7. The molecule has 0 radical (unpaired) electrons. The maximum absolute atomic E-state index is 13.7. The molecule has 2 aromatic rings. The molecule has 0 spiro atoms. The average Bonchev–Trinajstić information content (AvgIpc) is 2.71. The van der Waals surface area contributed by atoms with Gasteiger partial charge in [-0.25, -0.2) is 0 Å². The number of fused-ring (bicyclic) bond motifs is 1. The molecule has 3 rings (SSSR count). The van der Waals surface area contributed by atoms with E-state index < -0.39 is 4.75 Å². The van der Waals surface area contributed by atoms with Crippen molar-refractivity contribution in [2.24, 2.45) is 5.92 Å². The van der Waals surface area contributed by atoms with Gasteiger partial charge < -0.3 is 14.4 Å². The van der Waals surface area contributed by atoms with Gasteiger partial charge in [0, 0.05) is 22.8 Å². The topological polar surface area (TPSA) is 38.8 Å². The van der Waals surface area contributed by atoms with Gasteiger partial charge in [-0.15, -0.1) is 11.8 Å². The van der Waals surface area contributed by atoms with Gasteiger partial charge in [0.15, 0.2) is 0 Å². The number of ether oxygens (including phenoxy) is 2. The third-order valence-electron chi connectivity index (χ3n) is 5.06. The Morgan fingerprint density at radius 3 is 2.64 bits per heavy atom. The second kappa shape index (κ2) is 8.78. The second-order valence-corrected chi connectivity index (χ2v) is 9.16. The monoisotopic (exact) mass is 463 g/mol. The van der Waals surface area contributed by atoms with Crippen molar-refractivity contribution in [3.8, 4) is 11.5 Å². The van der Waals surface area contributed by atoms with Crippen LogP contribution < -0.4 is 14.4 Å². The van der Waals surface area contributed by atoms with Crippen LogP contribution in [0.2, 0.25) is 0 Å². The van der Waals surface area contributed by atoms with Gasteiger partial charge in [-0.2, -0.15) is 0 Å². The molecule has 150 valence electrons. The number of hydrogen-bond acceptors (Lipinski definition) is 4. The number of benzene rings is 2. The second-order valence-electron chi connectivity index (χ2n) is 7.08. The molecule has 4 nitrogen and oxygen atoms in total. The van der Waals surface area contributed by atoms with E-state index in [0.717, 1.165) is 39.4 Å². The largest absolute Gasteiger partial charge is 0.497 e. The predicted octanol–water partition coefficient (Wildman–Crippen LogP) is 5.48. The van der Waals surface area contributed by atoms with Crippen molar-refractivity contribution in [3.63, 3.8) is 0 Å². The fraction of sp³-hybridized carbons (Fsp3) is 0.409. The first-order valence-corrected chi connectivity index (χ1v) is 11.3. The van der Waals surface area contributed by atoms with E-state index in [-0.39, 0.29) is 11.8 Å². The number of carbonyl (C=O) groups is 1. The number of anilines is 1. The molecule has 0 aliphatic carbocycles. The highest BCUT2D eigenvalue weighted by molar-refractivity contribution is 9.09. The lowest BCUT2D eigenvalue weighted by molar-refractivity contribution is -0.122. The molecule has 0 aromatic heterocycles. The van der Waals surface area contributed by atoms with Crippen LogP contribution in [0.3, 0.4) is 0 Å². The summed E-state index contributed by atoms with van der Waals surface area (Å²) in [6.45, 7) is 4.77. The molecule has 1 unspecified atom stereocenters. The van der Waals surface area contributed by atoms with E-state index in [1.165, 1.54) is 0 Å². The zero-order valence-corrected chi connectivity index (χ0v) is 19.1. The molecular formula is C22H26BrNO3S. The Kier molecular flexibility index (Phi) is 6.61. The lowest BCUT2D eigenvalue weighted by Gasteiger charge is -2.44. The van der Waals surface area contributed by atoms with Crippen LogP contribution in [0.15, 0.2) is 47.4 Å². The number of thioether (sulfide) groups is 1. The molecule has 2 aromatic carbocycles. The van der Waals surface area contributed by atoms with E-state index in [1.807, 2.05) is 43.4 Å². The Balaban J connectivity index is 2.18. The zero-order chi connectivity index (χ0) is 20.3. The summed E-state index contributed by atoms with van der Waals surface area (Å²) in [6.07, 6.45) is 0.893. The standard InChI is InChI=1S/C22H26BrNO3S/c1-15(2)22(21(25)24(3)18-8-5-6-9-20(18)28-22)17-14-16(26-4)10-11-19(17)27-13-7-12-23/h5-6,8-11,14-15H,7,12-13H2,1-4H3. The predicted molar refractivity (Wildman–Crippen MR) is 119 cm³/mol. The minimum atomic E-state index is -0.790. The number of likely N-dealkylation sites (N-methyl/N-ethyl adjacent to an activating group) is 1. The SMILES string of the molecule is COc1ccc(OCCCBr)c(C2(C(C)C)Sc3ccccc3N(C)C2=O)c1. The van der Waals surface area contributed by atoms with E-state index in [9.17, 15) is 4.79 Å². The zero-order valence-electron chi connectivity index (χ0n) is 16.7. The Bertz CT molecular complexity index is 857. The van der Waals surface area contributed by atoms with Gasteiger partial charge in [-0.05, 0) is 42.7 Å². The maximum Gasteiger partial charge on any atom is 0.248 e. The van der Waals surface area contributed by atoms with Crippen molar-refractivity contribution < 1.29 is 14.3 Å². The van der Waals surface area contributed by atoms with Crippen LogP contribution in [0.5, 0.6) is 11.5 Å². The number of alkyl halides is 1. The average molecular weight is 464 g/mol. The van der Waals surface area contributed by atoms with Crippen LogP contribution in [0.4, 0.5) is 5.69 Å². The highest BCUT2D eigenvalue weighted by Gasteiger charge is 2.51. The normalized spacial score (nSPS) is 18.9. The summed E-state index contributed by atoms with van der Waals surface area (Å²) in [5.74, 6) is 1.57. The minimum absolute atomic E-state index is 0.0476. The number of amides is 1. The van der Waals surface area contributed by atoms with Gasteiger partial charge in [-0.3, -0.25) is 4.79 Å². The Hall–Kier alpha value is -1.66. The number of para-hydroxylation sites is 1. The van der Waals surface area contributed by atoms with Gasteiger partial charge in [-0.1, -0.05) is 41.9 Å². The first-order valence-electron chi connectivity index (χ1n) is 9.39. The van der Waals surface area contributed by atoms with Gasteiger partial charge >= 0.3 is 0 Å². The summed E-state index contributed by atoms with van der Waals surface area (Å²) >= 11 is 5.06. The van der Waals surface area contributed by atoms with Crippen LogP contribution in [0.25, 0.3) is 0 Å². The highest BCUT2D eigenvalue weighted by Crippen LogP contribution is 2.56. The molecule has 0 saturated carbocycles. The van der Waals surface area contributed by atoms with E-state index in [2.05, 4.69) is 35.8 Å². The van der Waals surface area contributed by atoms with Crippen LogP contribution in [0.1, 0.15) is 25.8 Å². The van der Waals surface area contributed by atoms with Crippen molar-refractivity contribution in [2.45, 2.75) is 29.9 Å². The van der Waals surface area contributed by atoms with Crippen molar-refractivity contribution in [1.29, 1.82) is 0 Å². The number of nitrogens with zero attached hydrogens (tertiary/aromatic N) is 1. The van der Waals surface area contributed by atoms with Crippen LogP contribution in [-0.2, 0) is 9.54 Å². The van der Waals surface area contributed by atoms with Crippen molar-refractivity contribution in [3.05, 3.63) is 48.0 Å². The molecule has 1 atom stereocenters. The molecule has 1 amide bonds. The van der Waals surface area contributed by atoms with Gasteiger partial charge in [0.25, 0.3) is 0 Å². The Morgan fingerprint density at radius 2 is 1.96 bits per heavy atom. The van der Waals surface area contributed by atoms with Crippen LogP contribution >= 0.6 is 27.7 Å². The smallest absolute Gasteiger partial charge is 0.248 e. The molecule has 0 saturated heterocycles. The van der Waals surface area contributed by atoms with Crippen molar-refractivity contribution in [2.75, 3.05) is 31.0 Å². The molecule has 6 heteroatoms. The first kappa shape index (κ1) is 21.1. The summed E-state index contributed by atoms with van der Waals surface area (Å²) in [6, 6.07) is 13.8. The molecule has 1 heterocycles. The fourth-order valence-electron chi connectivity index (χ4n) is 3.53. The third-order valence-corrected chi connectivity index (χ3v) is 7.37. The summed E-state index contributed by atoms with van der Waals surface area (Å²) in [5.41, 5.74) is 1.81. The summed E-state index contributed by atoms with van der Waals surface area (Å²) < 4.78 is 10.8. The maximum atomic E-state index is 13.7. The lowest BCUT2D eigenvalue weighted by Crippen LogP contribution is -2.49. The Morgan fingerprint density at radius 1 is 1.21 bits per heavy atom. The number of carbonyl (C=O) groups excluding carboxylic acids is 1. The lowest BCUT2D eigenvalue weighted by atomic mass is 9.84. The van der Waals surface area contributed by atoms with E-state index in [1.54, 1.807) is 23.8 Å². The van der Waals surface area contributed by atoms with E-state index >= 15 is 0 Å². The molecule has 28 heavy (non-hydrogen) atoms. The minimum Gasteiger partial charge on any atom is -0.497 e. The van der Waals surface area contributed by atoms with Crippen molar-refractivity contribution >= 4 is 39.3 Å². The molecule has 1 aliphatic heterocycles. The third kappa shape index (κ3) is 3.64. The van der Waals surface area contributed by atoms with Crippen LogP contribution in [0, 0.1) is 5.92 Å². The quantitative estimate of drug-likeness (QED) is 0.402. The van der Waals surface area contributed by atoms with Crippen LogP contribution in [-0.4, -0.2) is 32.0 Å². The van der Waals surface area contributed by atoms with Gasteiger partial charge in [0.1, 0.15) is 16.2 Å². The molecule has 0 bridgehead atoms. The Labute approximate surface area is 179 Å². The van der Waals surface area contributed by atoms with Gasteiger partial charge in [0.05, 0.1) is 19.4 Å². The molecular weight excluding hydrogens is 438 g/mol. The van der Waals surface area contributed by atoms with Gasteiger partial charge in [0.2, 0.25) is 5.91 Å². The summed E-state index contributed by atoms with van der Waals surface area (Å²) in [4.78, 5) is 16.6. The fourth-order valence-corrected chi connectivity index (χ4v) is 5.29. The number of hydrogen-bond donors (Lipinski definition) is 0. The van der Waals surface area contributed by atoms with Crippen molar-refractivity contribution in [1.82, 2.24) is 0 Å². The number of halogens is 1. The number of methoxy groups -OCH3 is 1. The van der Waals surface area contributed by atoms with E-state index in [0.29, 0.717) is 6.61 Å². The molecule has 1 aliphatic rings. The highest BCUT2D eigenvalue weighted by atomic mass is 79.9. The first-order chi connectivity index (χ1) is 13.5. The summed E-state index contributed by atoms with van der Waals surface area (Å²) in [7, 11) is 3.49. The summed E-state index contributed by atoms with van der Waals surface area (Å²) in [5, 5.41) is 0.873. The molecule has 0 fully saturated rings.